The zero-order valence-electron chi connectivity index (χ0n) is 6.78. The molecule has 0 radical (unpaired) electrons. The van der Waals surface area contributed by atoms with Gasteiger partial charge in [0.05, 0.1) is 10.6 Å². The van der Waals surface area contributed by atoms with Crippen molar-refractivity contribution in [2.45, 2.75) is 11.8 Å². The Hall–Kier alpha value is -1.11. The molecule has 7 heteroatoms. The summed E-state index contributed by atoms with van der Waals surface area (Å²) in [7, 11) is 0. The Morgan fingerprint density at radius 1 is 1.64 bits per heavy atom. The van der Waals surface area contributed by atoms with Crippen molar-refractivity contribution >= 4 is 21.6 Å². The molecule has 0 atom stereocenters. The number of pyridine rings is 1. The Morgan fingerprint density at radius 2 is 2.29 bits per heavy atom. The monoisotopic (exact) mass is 266 g/mol. The minimum Gasteiger partial charge on any atom is -0.259 e. The lowest BCUT2D eigenvalue weighted by molar-refractivity contribution is -0.386. The first-order valence-electron chi connectivity index (χ1n) is 3.54. The Bertz CT molecular complexity index is 360. The van der Waals surface area contributed by atoms with E-state index in [-0.39, 0.29) is 11.0 Å². The molecule has 0 aliphatic heterocycles. The van der Waals surface area contributed by atoms with E-state index in [4.69, 9.17) is 0 Å². The molecule has 1 rings (SSSR count). The molecule has 0 unspecified atom stereocenters. The standard InChI is InChI=1S/C7H5BrF2N2O2/c8-3-4-6(7(9)10)5(12(13)14)1-2-11-4/h1-2,7H,3H2. The fourth-order valence-electron chi connectivity index (χ4n) is 1.01. The van der Waals surface area contributed by atoms with Gasteiger partial charge in [-0.1, -0.05) is 15.9 Å². The van der Waals surface area contributed by atoms with E-state index in [2.05, 4.69) is 20.9 Å². The predicted molar refractivity (Wildman–Crippen MR) is 48.5 cm³/mol. The normalized spacial score (nSPS) is 10.6. The second-order valence-corrected chi connectivity index (χ2v) is 2.94. The van der Waals surface area contributed by atoms with Crippen LogP contribution in [0.25, 0.3) is 0 Å². The highest BCUT2D eigenvalue weighted by molar-refractivity contribution is 9.08. The van der Waals surface area contributed by atoms with E-state index >= 15 is 0 Å². The number of hydrogen-bond donors (Lipinski definition) is 0. The van der Waals surface area contributed by atoms with Crippen LogP contribution < -0.4 is 0 Å². The van der Waals surface area contributed by atoms with E-state index in [0.29, 0.717) is 0 Å². The highest BCUT2D eigenvalue weighted by atomic mass is 79.9. The Labute approximate surface area is 86.2 Å². The largest absolute Gasteiger partial charge is 0.281 e. The number of nitro groups is 1. The molecule has 0 saturated heterocycles. The third-order valence-electron chi connectivity index (χ3n) is 1.59. The summed E-state index contributed by atoms with van der Waals surface area (Å²) in [5.41, 5.74) is -1.21. The zero-order valence-corrected chi connectivity index (χ0v) is 8.37. The van der Waals surface area contributed by atoms with Gasteiger partial charge in [-0.2, -0.15) is 0 Å². The topological polar surface area (TPSA) is 56.0 Å². The van der Waals surface area contributed by atoms with Gasteiger partial charge in [-0.25, -0.2) is 8.78 Å². The van der Waals surface area contributed by atoms with Gasteiger partial charge in [0.2, 0.25) is 0 Å². The molecule has 76 valence electrons. The van der Waals surface area contributed by atoms with Crippen LogP contribution in [-0.2, 0) is 5.33 Å². The number of hydrogen-bond acceptors (Lipinski definition) is 3. The van der Waals surface area contributed by atoms with Crippen LogP contribution in [0.3, 0.4) is 0 Å². The highest BCUT2D eigenvalue weighted by Crippen LogP contribution is 2.31. The Balaban J connectivity index is 3.35. The third-order valence-corrected chi connectivity index (χ3v) is 2.12. The highest BCUT2D eigenvalue weighted by Gasteiger charge is 2.25. The van der Waals surface area contributed by atoms with Crippen molar-refractivity contribution in [1.29, 1.82) is 0 Å². The smallest absolute Gasteiger partial charge is 0.259 e. The molecule has 0 aromatic carbocycles. The number of aromatic nitrogens is 1. The first kappa shape index (κ1) is 11.0. The van der Waals surface area contributed by atoms with Crippen LogP contribution in [0.1, 0.15) is 17.7 Å². The van der Waals surface area contributed by atoms with Crippen LogP contribution in [0, 0.1) is 10.1 Å². The molecule has 14 heavy (non-hydrogen) atoms. The van der Waals surface area contributed by atoms with Crippen molar-refractivity contribution in [3.63, 3.8) is 0 Å². The first-order valence-corrected chi connectivity index (χ1v) is 4.66. The Kier molecular flexibility index (Phi) is 3.45. The second-order valence-electron chi connectivity index (χ2n) is 2.38. The Morgan fingerprint density at radius 3 is 2.71 bits per heavy atom. The zero-order chi connectivity index (χ0) is 10.7. The summed E-state index contributed by atoms with van der Waals surface area (Å²) in [5.74, 6) is 0. The lowest BCUT2D eigenvalue weighted by atomic mass is 10.2. The van der Waals surface area contributed by atoms with Gasteiger partial charge in [-0.05, 0) is 0 Å². The van der Waals surface area contributed by atoms with Crippen molar-refractivity contribution in [1.82, 2.24) is 4.98 Å². The van der Waals surface area contributed by atoms with Crippen LogP contribution in [-0.4, -0.2) is 9.91 Å². The van der Waals surface area contributed by atoms with Crippen molar-refractivity contribution < 1.29 is 13.7 Å². The molecule has 0 N–H and O–H groups in total. The van der Waals surface area contributed by atoms with Gasteiger partial charge in [0.15, 0.2) is 0 Å². The molecule has 0 amide bonds. The number of nitrogens with zero attached hydrogens (tertiary/aromatic N) is 2. The molecule has 1 aromatic heterocycles. The summed E-state index contributed by atoms with van der Waals surface area (Å²) in [6, 6.07) is 0.966. The van der Waals surface area contributed by atoms with Crippen LogP contribution in [0.5, 0.6) is 0 Å². The van der Waals surface area contributed by atoms with Crippen molar-refractivity contribution in [2.75, 3.05) is 0 Å². The third kappa shape index (κ3) is 2.03. The summed E-state index contributed by atoms with van der Waals surface area (Å²) < 4.78 is 24.9. The first-order chi connectivity index (χ1) is 6.57. The summed E-state index contributed by atoms with van der Waals surface area (Å²) in [5, 5.41) is 10.5. The van der Waals surface area contributed by atoms with Crippen LogP contribution in [0.15, 0.2) is 12.3 Å². The molecular formula is C7H5BrF2N2O2. The fourth-order valence-corrected chi connectivity index (χ4v) is 1.46. The molecule has 1 heterocycles. The van der Waals surface area contributed by atoms with Crippen LogP contribution in [0.2, 0.25) is 0 Å². The van der Waals surface area contributed by atoms with E-state index < -0.39 is 22.6 Å². The molecule has 0 aliphatic carbocycles. The molecule has 4 nitrogen and oxygen atoms in total. The summed E-state index contributed by atoms with van der Waals surface area (Å²) in [6.07, 6.45) is -1.75. The molecule has 0 spiro atoms. The van der Waals surface area contributed by atoms with Crippen LogP contribution >= 0.6 is 15.9 Å². The van der Waals surface area contributed by atoms with Gasteiger partial charge in [0.25, 0.3) is 12.1 Å². The van der Waals surface area contributed by atoms with Crippen LogP contribution in [0.4, 0.5) is 14.5 Å². The van der Waals surface area contributed by atoms with E-state index in [0.717, 1.165) is 12.3 Å². The summed E-state index contributed by atoms with van der Waals surface area (Å²) >= 11 is 2.94. The predicted octanol–water partition coefficient (Wildman–Crippen LogP) is 2.82. The van der Waals surface area contributed by atoms with Gasteiger partial charge >= 0.3 is 0 Å². The van der Waals surface area contributed by atoms with Crippen molar-refractivity contribution in [2.24, 2.45) is 0 Å². The molecule has 1 aromatic rings. The molecular weight excluding hydrogens is 262 g/mol. The number of alkyl halides is 3. The average molecular weight is 267 g/mol. The molecule has 0 saturated carbocycles. The van der Waals surface area contributed by atoms with Gasteiger partial charge < -0.3 is 0 Å². The quantitative estimate of drug-likeness (QED) is 0.480. The molecule has 0 aliphatic rings. The fraction of sp³-hybridized carbons (Fsp3) is 0.286. The number of halogens is 3. The average Bonchev–Trinajstić information content (AvgIpc) is 2.16. The van der Waals surface area contributed by atoms with Crippen molar-refractivity contribution in [3.05, 3.63) is 33.6 Å². The van der Waals surface area contributed by atoms with Gasteiger partial charge in [0, 0.05) is 17.6 Å². The molecule has 0 bridgehead atoms. The SMILES string of the molecule is O=[N+]([O-])c1ccnc(CBr)c1C(F)F. The number of rotatable bonds is 3. The maximum absolute atomic E-state index is 12.5. The van der Waals surface area contributed by atoms with Gasteiger partial charge in [-0.15, -0.1) is 0 Å². The van der Waals surface area contributed by atoms with E-state index in [1.165, 1.54) is 0 Å². The minimum atomic E-state index is -2.89. The van der Waals surface area contributed by atoms with Gasteiger partial charge in [-0.3, -0.25) is 15.1 Å². The van der Waals surface area contributed by atoms with E-state index in [1.807, 2.05) is 0 Å². The van der Waals surface area contributed by atoms with E-state index in [1.54, 1.807) is 0 Å². The summed E-state index contributed by atoms with van der Waals surface area (Å²) in [6.45, 7) is 0. The maximum atomic E-state index is 12.5. The molecule has 0 fully saturated rings. The van der Waals surface area contributed by atoms with Gasteiger partial charge in [0.1, 0.15) is 5.56 Å². The maximum Gasteiger partial charge on any atom is 0.281 e. The van der Waals surface area contributed by atoms with E-state index in [9.17, 15) is 18.9 Å². The minimum absolute atomic E-state index is 0.00537. The lowest BCUT2D eigenvalue weighted by Gasteiger charge is -2.04. The lowest BCUT2D eigenvalue weighted by Crippen LogP contribution is -2.01. The second kappa shape index (κ2) is 4.41. The van der Waals surface area contributed by atoms with Crippen molar-refractivity contribution in [3.8, 4) is 0 Å². The summed E-state index contributed by atoms with van der Waals surface area (Å²) in [4.78, 5) is 13.2.